The number of ether oxygens (including phenoxy) is 3. The van der Waals surface area contributed by atoms with Crippen LogP contribution in [0.15, 0.2) is 66.4 Å². The van der Waals surface area contributed by atoms with Gasteiger partial charge < -0.3 is 14.2 Å². The lowest BCUT2D eigenvalue weighted by Crippen LogP contribution is -2.34. The van der Waals surface area contributed by atoms with Crippen molar-refractivity contribution in [1.82, 2.24) is 4.90 Å². The Bertz CT molecular complexity index is 1220. The first-order valence-electron chi connectivity index (χ1n) is 10.7. The first-order valence-corrected chi connectivity index (χ1v) is 10.7. The van der Waals surface area contributed by atoms with E-state index in [1.165, 1.54) is 5.56 Å². The molecule has 2 heterocycles. The molecule has 1 unspecified atom stereocenters. The van der Waals surface area contributed by atoms with Crippen LogP contribution in [0.4, 0.5) is 0 Å². The van der Waals surface area contributed by atoms with Gasteiger partial charge in [-0.1, -0.05) is 42.5 Å². The molecule has 1 atom stereocenters. The summed E-state index contributed by atoms with van der Waals surface area (Å²) in [5, 5.41) is 0. The fourth-order valence-corrected chi connectivity index (χ4v) is 4.34. The van der Waals surface area contributed by atoms with Crippen molar-refractivity contribution in [2.75, 3.05) is 13.8 Å². The molecule has 3 aromatic rings. The highest BCUT2D eigenvalue weighted by Crippen LogP contribution is 2.44. The van der Waals surface area contributed by atoms with E-state index < -0.39 is 0 Å². The summed E-state index contributed by atoms with van der Waals surface area (Å²) in [5.74, 6) is 2.34. The van der Waals surface area contributed by atoms with E-state index >= 15 is 0 Å². The highest BCUT2D eigenvalue weighted by atomic mass is 16.5. The first kappa shape index (κ1) is 20.3. The maximum atomic E-state index is 13.2. The number of nitrogens with zero attached hydrogens (tertiary/aromatic N) is 1. The Balaban J connectivity index is 1.44. The average Bonchev–Trinajstić information content (AvgIpc) is 3.14. The van der Waals surface area contributed by atoms with Gasteiger partial charge in [-0.05, 0) is 49.2 Å². The largest absolute Gasteiger partial charge is 0.497 e. The number of carbonyl (C=O) groups excluding carboxylic acids is 1. The van der Waals surface area contributed by atoms with Crippen LogP contribution in [0.1, 0.15) is 45.6 Å². The number of hydrogen-bond donors (Lipinski definition) is 0. The van der Waals surface area contributed by atoms with Gasteiger partial charge in [0.25, 0.3) is 0 Å². The molecule has 0 saturated carbocycles. The number of rotatable bonds is 4. The summed E-state index contributed by atoms with van der Waals surface area (Å²) in [7, 11) is 1.62. The zero-order valence-electron chi connectivity index (χ0n) is 18.4. The van der Waals surface area contributed by atoms with Gasteiger partial charge in [-0.15, -0.1) is 0 Å². The van der Waals surface area contributed by atoms with E-state index in [0.29, 0.717) is 30.3 Å². The maximum Gasteiger partial charge on any atom is 0.231 e. The average molecular weight is 428 g/mol. The van der Waals surface area contributed by atoms with E-state index in [4.69, 9.17) is 14.2 Å². The molecule has 0 aromatic heterocycles. The van der Waals surface area contributed by atoms with Crippen LogP contribution in [0.25, 0.3) is 6.08 Å². The lowest BCUT2D eigenvalue weighted by Gasteiger charge is -2.34. The molecule has 0 N–H and O–H groups in total. The second-order valence-electron chi connectivity index (χ2n) is 8.19. The van der Waals surface area contributed by atoms with Crippen LogP contribution >= 0.6 is 0 Å². The van der Waals surface area contributed by atoms with Crippen LogP contribution in [0, 0.1) is 6.92 Å². The Morgan fingerprint density at radius 3 is 2.66 bits per heavy atom. The van der Waals surface area contributed by atoms with Crippen molar-refractivity contribution in [3.63, 3.8) is 0 Å². The molecule has 0 amide bonds. The van der Waals surface area contributed by atoms with Crippen LogP contribution in [0.2, 0.25) is 0 Å². The highest BCUT2D eigenvalue weighted by Gasteiger charge is 2.34. The molecule has 5 heteroatoms. The Kier molecular flexibility index (Phi) is 5.19. The van der Waals surface area contributed by atoms with Gasteiger partial charge in [0.15, 0.2) is 5.76 Å². The van der Waals surface area contributed by atoms with Gasteiger partial charge in [-0.25, -0.2) is 0 Å². The molecule has 2 aliphatic heterocycles. The fourth-order valence-electron chi connectivity index (χ4n) is 4.34. The normalized spacial score (nSPS) is 17.3. The molecular weight excluding hydrogens is 402 g/mol. The third-order valence-electron chi connectivity index (χ3n) is 6.19. The molecule has 0 aliphatic carbocycles. The molecule has 3 aromatic carbocycles. The summed E-state index contributed by atoms with van der Waals surface area (Å²) in [4.78, 5) is 15.4. The number of methoxy groups -OCH3 is 1. The molecule has 5 nitrogen and oxygen atoms in total. The molecule has 0 spiro atoms. The van der Waals surface area contributed by atoms with Crippen molar-refractivity contribution in [3.8, 4) is 17.2 Å². The second kappa shape index (κ2) is 8.17. The van der Waals surface area contributed by atoms with Crippen molar-refractivity contribution < 1.29 is 19.0 Å². The minimum absolute atomic E-state index is 0.109. The van der Waals surface area contributed by atoms with E-state index in [0.717, 1.165) is 28.2 Å². The molecule has 2 aliphatic rings. The van der Waals surface area contributed by atoms with E-state index in [1.807, 2.05) is 55.5 Å². The Hall–Kier alpha value is -3.57. The Labute approximate surface area is 187 Å². The van der Waals surface area contributed by atoms with Crippen LogP contribution in [-0.2, 0) is 6.54 Å². The molecule has 0 radical (unpaired) electrons. The number of fused-ring (bicyclic) bond motifs is 2. The third kappa shape index (κ3) is 3.55. The first-order chi connectivity index (χ1) is 15.5. The molecule has 32 heavy (non-hydrogen) atoms. The van der Waals surface area contributed by atoms with Gasteiger partial charge in [0.05, 0.1) is 12.7 Å². The SMILES string of the molecule is COc1cccc(/C=C2\Oc3c(cc4c(c3C)OCN(C(C)c3ccccc3)C4)C2=O)c1. The lowest BCUT2D eigenvalue weighted by molar-refractivity contribution is 0.0609. The van der Waals surface area contributed by atoms with Crippen molar-refractivity contribution in [1.29, 1.82) is 0 Å². The van der Waals surface area contributed by atoms with E-state index in [1.54, 1.807) is 13.2 Å². The molecule has 0 fully saturated rings. The number of Topliss-reactive ketones (excluding diaryl/α,β-unsaturated/α-hetero) is 1. The Morgan fingerprint density at radius 1 is 1.06 bits per heavy atom. The molecule has 0 saturated heterocycles. The number of ketones is 1. The van der Waals surface area contributed by atoms with E-state index in [2.05, 4.69) is 24.0 Å². The van der Waals surface area contributed by atoms with Crippen LogP contribution in [0.5, 0.6) is 17.2 Å². The molecule has 0 bridgehead atoms. The number of benzene rings is 3. The minimum atomic E-state index is -0.109. The maximum absolute atomic E-state index is 13.2. The summed E-state index contributed by atoms with van der Waals surface area (Å²) < 4.78 is 17.4. The minimum Gasteiger partial charge on any atom is -0.497 e. The van der Waals surface area contributed by atoms with Crippen molar-refractivity contribution >= 4 is 11.9 Å². The Morgan fingerprint density at radius 2 is 1.88 bits per heavy atom. The second-order valence-corrected chi connectivity index (χ2v) is 8.19. The monoisotopic (exact) mass is 427 g/mol. The molecular formula is C27H25NO4. The predicted octanol–water partition coefficient (Wildman–Crippen LogP) is 5.53. The van der Waals surface area contributed by atoms with Gasteiger partial charge in [-0.2, -0.15) is 0 Å². The molecule has 5 rings (SSSR count). The summed E-state index contributed by atoms with van der Waals surface area (Å²) >= 11 is 0. The lowest BCUT2D eigenvalue weighted by atomic mass is 9.99. The van der Waals surface area contributed by atoms with E-state index in [9.17, 15) is 4.79 Å². The van der Waals surface area contributed by atoms with Crippen LogP contribution in [0.3, 0.4) is 0 Å². The zero-order valence-corrected chi connectivity index (χ0v) is 18.4. The zero-order chi connectivity index (χ0) is 22.2. The van der Waals surface area contributed by atoms with Crippen LogP contribution in [-0.4, -0.2) is 24.5 Å². The topological polar surface area (TPSA) is 48.0 Å². The van der Waals surface area contributed by atoms with Crippen molar-refractivity contribution in [3.05, 3.63) is 94.2 Å². The summed E-state index contributed by atoms with van der Waals surface area (Å²) in [6.07, 6.45) is 1.76. The predicted molar refractivity (Wildman–Crippen MR) is 123 cm³/mol. The summed E-state index contributed by atoms with van der Waals surface area (Å²) in [5.41, 5.74) is 4.55. The van der Waals surface area contributed by atoms with E-state index in [-0.39, 0.29) is 11.8 Å². The van der Waals surface area contributed by atoms with Crippen molar-refractivity contribution in [2.24, 2.45) is 0 Å². The van der Waals surface area contributed by atoms with Gasteiger partial charge in [-0.3, -0.25) is 9.69 Å². The number of allylic oxidation sites excluding steroid dienone is 1. The number of hydrogen-bond acceptors (Lipinski definition) is 5. The standard InChI is InChI=1S/C27H25NO4/c1-17-26-21(15-28(16-31-26)18(2)20-9-5-4-6-10-20)14-23-25(29)24(32-27(17)23)13-19-8-7-11-22(12-19)30-3/h4-14,18H,15-16H2,1-3H3/b24-13-. The van der Waals surface area contributed by atoms with Crippen LogP contribution < -0.4 is 14.2 Å². The smallest absolute Gasteiger partial charge is 0.231 e. The highest BCUT2D eigenvalue weighted by molar-refractivity contribution is 6.15. The van der Waals surface area contributed by atoms with Crippen molar-refractivity contribution in [2.45, 2.75) is 26.4 Å². The summed E-state index contributed by atoms with van der Waals surface area (Å²) in [6.45, 7) is 5.33. The summed E-state index contributed by atoms with van der Waals surface area (Å²) in [6, 6.07) is 20.0. The van der Waals surface area contributed by atoms with Gasteiger partial charge in [0.2, 0.25) is 5.78 Å². The molecule has 162 valence electrons. The van der Waals surface area contributed by atoms with Gasteiger partial charge >= 0.3 is 0 Å². The quantitative estimate of drug-likeness (QED) is 0.512. The number of carbonyl (C=O) groups is 1. The third-order valence-corrected chi connectivity index (χ3v) is 6.19. The van der Waals surface area contributed by atoms with Gasteiger partial charge in [0, 0.05) is 23.7 Å². The van der Waals surface area contributed by atoms with Gasteiger partial charge in [0.1, 0.15) is 24.0 Å². The fraction of sp³-hybridized carbons (Fsp3) is 0.222.